The molecule has 2 aromatic carbocycles. The Bertz CT molecular complexity index is 1280. The third-order valence-electron chi connectivity index (χ3n) is 3.81. The van der Waals surface area contributed by atoms with Gasteiger partial charge in [-0.25, -0.2) is 0 Å². The average Bonchev–Trinajstić information content (AvgIpc) is 3.00. The van der Waals surface area contributed by atoms with Crippen molar-refractivity contribution in [2.75, 3.05) is 6.61 Å². The molecule has 5 nitrogen and oxygen atoms in total. The summed E-state index contributed by atoms with van der Waals surface area (Å²) in [5, 5.41) is 19.3. The fourth-order valence-corrected chi connectivity index (χ4v) is 3.90. The van der Waals surface area contributed by atoms with Gasteiger partial charge in [0.15, 0.2) is 5.57 Å². The monoisotopic (exact) mass is 407 g/mol. The summed E-state index contributed by atoms with van der Waals surface area (Å²) in [6.45, 7) is 2.26. The lowest BCUT2D eigenvalue weighted by molar-refractivity contribution is 0.339. The van der Waals surface area contributed by atoms with E-state index >= 15 is 0 Å². The van der Waals surface area contributed by atoms with Gasteiger partial charge in [0.2, 0.25) is 0 Å². The number of hydrogen-bond donors (Lipinski definition) is 0. The van der Waals surface area contributed by atoms with E-state index < -0.39 is 0 Å². The van der Waals surface area contributed by atoms with Crippen LogP contribution in [0.15, 0.2) is 53.3 Å². The molecule has 0 fully saturated rings. The second-order valence-corrected chi connectivity index (χ2v) is 7.08. The average molecular weight is 408 g/mol. The van der Waals surface area contributed by atoms with Crippen LogP contribution in [0.5, 0.6) is 5.75 Å². The van der Waals surface area contributed by atoms with Gasteiger partial charge in [0.25, 0.3) is 5.56 Å². The summed E-state index contributed by atoms with van der Waals surface area (Å²) in [5.41, 5.74) is 0.752. The minimum Gasteiger partial charge on any atom is -0.492 e. The lowest BCUT2D eigenvalue weighted by atomic mass is 10.2. The molecule has 0 amide bonds. The Balaban J connectivity index is 2.41. The van der Waals surface area contributed by atoms with Crippen molar-refractivity contribution < 1.29 is 4.74 Å². The molecule has 138 valence electrons. The molecule has 0 saturated heterocycles. The Labute approximate surface area is 170 Å². The minimum absolute atomic E-state index is 0.140. The molecule has 0 aliphatic carbocycles. The molecule has 0 atom stereocenters. The van der Waals surface area contributed by atoms with E-state index in [2.05, 4.69) is 0 Å². The maximum absolute atomic E-state index is 13.2. The quantitative estimate of drug-likeness (QED) is 0.666. The van der Waals surface area contributed by atoms with Crippen molar-refractivity contribution in [1.82, 2.24) is 4.57 Å². The first kappa shape index (κ1) is 19.4. The third kappa shape index (κ3) is 3.84. The molecule has 0 radical (unpaired) electrons. The van der Waals surface area contributed by atoms with E-state index in [0.29, 0.717) is 27.6 Å². The molecule has 0 spiro atoms. The Kier molecular flexibility index (Phi) is 5.96. The predicted molar refractivity (Wildman–Crippen MR) is 110 cm³/mol. The van der Waals surface area contributed by atoms with Crippen LogP contribution in [0.1, 0.15) is 12.5 Å². The summed E-state index contributed by atoms with van der Waals surface area (Å²) in [6.07, 6.45) is 1.69. The molecule has 0 aliphatic rings. The molecule has 0 bridgehead atoms. The van der Waals surface area contributed by atoms with Gasteiger partial charge in [0.05, 0.1) is 16.8 Å². The topological polar surface area (TPSA) is 78.8 Å². The Morgan fingerprint density at radius 1 is 1.21 bits per heavy atom. The summed E-state index contributed by atoms with van der Waals surface area (Å²) in [5.74, 6) is 0.496. The normalized spacial score (nSPS) is 10.9. The van der Waals surface area contributed by atoms with Crippen LogP contribution in [-0.4, -0.2) is 11.2 Å². The Hall–Kier alpha value is -3.32. The van der Waals surface area contributed by atoms with Gasteiger partial charge >= 0.3 is 0 Å². The van der Waals surface area contributed by atoms with E-state index in [0.717, 1.165) is 16.9 Å². The smallest absolute Gasteiger partial charge is 0.273 e. The van der Waals surface area contributed by atoms with Crippen LogP contribution in [0.2, 0.25) is 5.02 Å². The highest BCUT2D eigenvalue weighted by atomic mass is 35.5. The van der Waals surface area contributed by atoms with E-state index in [1.807, 2.05) is 25.1 Å². The highest BCUT2D eigenvalue weighted by Crippen LogP contribution is 2.20. The number of nitriles is 2. The standard InChI is InChI=1S/C21H14ClN3O2S/c1-2-27-18-9-4-3-8-17(18)25-20(26)19(28-21(25)15(12-23)13-24)11-14-6-5-7-16(22)10-14/h3-11H,2H2,1H3/b19-11+. The van der Waals surface area contributed by atoms with Crippen LogP contribution < -0.4 is 19.5 Å². The van der Waals surface area contributed by atoms with E-state index in [-0.39, 0.29) is 15.8 Å². The Morgan fingerprint density at radius 2 is 1.96 bits per heavy atom. The maximum Gasteiger partial charge on any atom is 0.273 e. The number of nitrogens with zero attached hydrogens (tertiary/aromatic N) is 3. The highest BCUT2D eigenvalue weighted by molar-refractivity contribution is 7.07. The molecule has 0 N–H and O–H groups in total. The van der Waals surface area contributed by atoms with Crippen LogP contribution in [0.25, 0.3) is 17.3 Å². The summed E-state index contributed by atoms with van der Waals surface area (Å²) in [4.78, 5) is 13.2. The van der Waals surface area contributed by atoms with Crippen molar-refractivity contribution in [3.8, 4) is 23.6 Å². The van der Waals surface area contributed by atoms with Crippen LogP contribution in [0.4, 0.5) is 0 Å². The third-order valence-corrected chi connectivity index (χ3v) is 5.14. The van der Waals surface area contributed by atoms with E-state index in [4.69, 9.17) is 16.3 Å². The van der Waals surface area contributed by atoms with Gasteiger partial charge in [-0.1, -0.05) is 35.9 Å². The number of para-hydroxylation sites is 2. The van der Waals surface area contributed by atoms with E-state index in [1.54, 1.807) is 48.5 Å². The molecule has 1 aromatic heterocycles. The van der Waals surface area contributed by atoms with Gasteiger partial charge in [-0.15, -0.1) is 11.3 Å². The fourth-order valence-electron chi connectivity index (χ4n) is 2.66. The van der Waals surface area contributed by atoms with Crippen LogP contribution >= 0.6 is 22.9 Å². The van der Waals surface area contributed by atoms with Crippen LogP contribution in [-0.2, 0) is 0 Å². The van der Waals surface area contributed by atoms with Crippen molar-refractivity contribution in [2.24, 2.45) is 0 Å². The van der Waals surface area contributed by atoms with Gasteiger partial charge < -0.3 is 4.74 Å². The highest BCUT2D eigenvalue weighted by Gasteiger charge is 2.14. The number of rotatable bonds is 4. The lowest BCUT2D eigenvalue weighted by Crippen LogP contribution is -2.31. The second kappa shape index (κ2) is 8.58. The van der Waals surface area contributed by atoms with Gasteiger partial charge in [-0.05, 0) is 42.8 Å². The molecule has 1 heterocycles. The number of ether oxygens (including phenoxy) is 1. The first-order chi connectivity index (χ1) is 13.6. The summed E-state index contributed by atoms with van der Waals surface area (Å²) in [6, 6.07) is 17.9. The molecule has 7 heteroatoms. The van der Waals surface area contributed by atoms with Crippen LogP contribution in [0, 0.1) is 22.7 Å². The van der Waals surface area contributed by atoms with Gasteiger partial charge in [-0.3, -0.25) is 9.36 Å². The zero-order chi connectivity index (χ0) is 20.1. The van der Waals surface area contributed by atoms with Gasteiger partial charge in [0, 0.05) is 5.02 Å². The zero-order valence-electron chi connectivity index (χ0n) is 14.8. The zero-order valence-corrected chi connectivity index (χ0v) is 16.4. The number of halogens is 1. The summed E-state index contributed by atoms with van der Waals surface area (Å²) >= 11 is 7.11. The first-order valence-corrected chi connectivity index (χ1v) is 9.54. The predicted octanol–water partition coefficient (Wildman–Crippen LogP) is 2.98. The molecule has 3 aromatic rings. The molecule has 0 saturated carbocycles. The van der Waals surface area contributed by atoms with Crippen LogP contribution in [0.3, 0.4) is 0 Å². The lowest BCUT2D eigenvalue weighted by Gasteiger charge is -2.10. The first-order valence-electron chi connectivity index (χ1n) is 8.35. The number of aromatic nitrogens is 1. The van der Waals surface area contributed by atoms with E-state index in [1.165, 1.54) is 4.57 Å². The molecule has 0 unspecified atom stereocenters. The second-order valence-electron chi connectivity index (χ2n) is 5.61. The number of thiazole rings is 1. The number of benzene rings is 2. The van der Waals surface area contributed by atoms with Crippen molar-refractivity contribution in [1.29, 1.82) is 10.5 Å². The molecule has 0 aliphatic heterocycles. The summed E-state index contributed by atoms with van der Waals surface area (Å²) < 4.78 is 7.63. The van der Waals surface area contributed by atoms with Crippen molar-refractivity contribution >= 4 is 34.6 Å². The molecule has 28 heavy (non-hydrogen) atoms. The minimum atomic E-state index is -0.338. The largest absolute Gasteiger partial charge is 0.492 e. The maximum atomic E-state index is 13.2. The molecule has 3 rings (SSSR count). The van der Waals surface area contributed by atoms with E-state index in [9.17, 15) is 15.3 Å². The summed E-state index contributed by atoms with van der Waals surface area (Å²) in [7, 11) is 0. The Morgan fingerprint density at radius 3 is 2.64 bits per heavy atom. The molecular weight excluding hydrogens is 394 g/mol. The van der Waals surface area contributed by atoms with Crippen molar-refractivity contribution in [3.63, 3.8) is 0 Å². The SMILES string of the molecule is CCOc1ccccc1-n1c(=C(C#N)C#N)s/c(=C/c2cccc(Cl)c2)c1=O. The molecular formula is C21H14ClN3O2S. The number of hydrogen-bond acceptors (Lipinski definition) is 5. The fraction of sp³-hybridized carbons (Fsp3) is 0.0952. The van der Waals surface area contributed by atoms with Crippen molar-refractivity contribution in [2.45, 2.75) is 6.92 Å². The van der Waals surface area contributed by atoms with Gasteiger partial charge in [0.1, 0.15) is 22.6 Å². The van der Waals surface area contributed by atoms with Gasteiger partial charge in [-0.2, -0.15) is 10.5 Å². The van der Waals surface area contributed by atoms with Crippen molar-refractivity contribution in [3.05, 3.63) is 78.7 Å².